The van der Waals surface area contributed by atoms with Gasteiger partial charge in [0.2, 0.25) is 5.91 Å². The smallest absolute Gasteiger partial charge is 0.480 e. The molecule has 0 bridgehead atoms. The fraction of sp³-hybridized carbons (Fsp3) is 0.500. The van der Waals surface area contributed by atoms with Crippen LogP contribution in [0.3, 0.4) is 0 Å². The van der Waals surface area contributed by atoms with Crippen molar-refractivity contribution in [1.29, 1.82) is 0 Å². The second-order valence-corrected chi connectivity index (χ2v) is 5.99. The quantitative estimate of drug-likeness (QED) is 0.890. The molecule has 0 radical (unpaired) electrons. The first-order chi connectivity index (χ1) is 11.8. The third-order valence-corrected chi connectivity index (χ3v) is 4.35. The van der Waals surface area contributed by atoms with Crippen LogP contribution in [0.2, 0.25) is 0 Å². The Morgan fingerprint density at radius 3 is 2.68 bits per heavy atom. The lowest BCUT2D eigenvalue weighted by molar-refractivity contribution is -0.274. The van der Waals surface area contributed by atoms with Crippen molar-refractivity contribution >= 4 is 11.9 Å². The SMILES string of the molecule is O=C(O)[C@@H]1COCCN1C(=O)[C@@H]1C[C@@H]1c1ccccc1OC(F)(F)F. The number of alkyl halides is 3. The third-order valence-electron chi connectivity index (χ3n) is 4.35. The molecule has 0 spiro atoms. The number of para-hydroxylation sites is 1. The van der Waals surface area contributed by atoms with Crippen LogP contribution in [0.15, 0.2) is 24.3 Å². The van der Waals surface area contributed by atoms with Crippen LogP contribution < -0.4 is 4.74 Å². The molecule has 1 aromatic carbocycles. The Morgan fingerprint density at radius 1 is 1.28 bits per heavy atom. The van der Waals surface area contributed by atoms with E-state index in [0.717, 1.165) is 0 Å². The molecule has 3 rings (SSSR count). The number of halogens is 3. The molecule has 1 N–H and O–H groups in total. The molecular weight excluding hydrogens is 343 g/mol. The predicted octanol–water partition coefficient (Wildman–Crippen LogP) is 2.00. The molecule has 1 amide bonds. The maximum atomic E-state index is 12.6. The maximum absolute atomic E-state index is 12.6. The summed E-state index contributed by atoms with van der Waals surface area (Å²) in [5.41, 5.74) is 0.304. The fourth-order valence-corrected chi connectivity index (χ4v) is 3.10. The highest BCUT2D eigenvalue weighted by Crippen LogP contribution is 2.52. The number of carboxylic acids is 1. The Kier molecular flexibility index (Phi) is 4.59. The van der Waals surface area contributed by atoms with E-state index in [4.69, 9.17) is 4.74 Å². The summed E-state index contributed by atoms with van der Waals surface area (Å²) in [6.07, 6.45) is -4.45. The van der Waals surface area contributed by atoms with Gasteiger partial charge in [-0.1, -0.05) is 18.2 Å². The summed E-state index contributed by atoms with van der Waals surface area (Å²) in [7, 11) is 0. The monoisotopic (exact) mass is 359 g/mol. The highest BCUT2D eigenvalue weighted by molar-refractivity contribution is 5.88. The lowest BCUT2D eigenvalue weighted by atomic mass is 10.1. The molecule has 0 aromatic heterocycles. The van der Waals surface area contributed by atoms with Gasteiger partial charge in [-0.25, -0.2) is 4.79 Å². The lowest BCUT2D eigenvalue weighted by Crippen LogP contribution is -2.53. The van der Waals surface area contributed by atoms with Crippen molar-refractivity contribution in [3.05, 3.63) is 29.8 Å². The summed E-state index contributed by atoms with van der Waals surface area (Å²) < 4.78 is 46.7. The van der Waals surface area contributed by atoms with E-state index in [9.17, 15) is 27.9 Å². The lowest BCUT2D eigenvalue weighted by Gasteiger charge is -2.33. The van der Waals surface area contributed by atoms with E-state index in [1.807, 2.05) is 0 Å². The Bertz CT molecular complexity index is 678. The van der Waals surface area contributed by atoms with Gasteiger partial charge in [0.25, 0.3) is 0 Å². The van der Waals surface area contributed by atoms with Gasteiger partial charge in [-0.3, -0.25) is 4.79 Å². The minimum absolute atomic E-state index is 0.0910. The first-order valence-corrected chi connectivity index (χ1v) is 7.73. The van der Waals surface area contributed by atoms with Crippen molar-refractivity contribution in [3.63, 3.8) is 0 Å². The number of rotatable bonds is 4. The topological polar surface area (TPSA) is 76.1 Å². The van der Waals surface area contributed by atoms with E-state index in [1.165, 1.54) is 23.1 Å². The minimum atomic E-state index is -4.82. The Hall–Kier alpha value is -2.29. The number of morpholine rings is 1. The number of hydrogen-bond acceptors (Lipinski definition) is 4. The predicted molar refractivity (Wildman–Crippen MR) is 77.9 cm³/mol. The number of carbonyl (C=O) groups is 2. The zero-order valence-corrected chi connectivity index (χ0v) is 13.0. The van der Waals surface area contributed by atoms with Gasteiger partial charge in [-0.2, -0.15) is 0 Å². The maximum Gasteiger partial charge on any atom is 0.573 e. The zero-order chi connectivity index (χ0) is 18.2. The molecule has 2 fully saturated rings. The molecule has 2 aliphatic rings. The van der Waals surface area contributed by atoms with Gasteiger partial charge in [-0.05, 0) is 24.0 Å². The molecule has 1 aliphatic carbocycles. The third kappa shape index (κ3) is 3.87. The molecule has 25 heavy (non-hydrogen) atoms. The normalized spacial score (nSPS) is 26.2. The molecule has 1 aromatic rings. The number of aliphatic carboxylic acids is 1. The van der Waals surface area contributed by atoms with Crippen LogP contribution >= 0.6 is 0 Å². The summed E-state index contributed by atoms with van der Waals surface area (Å²) in [5, 5.41) is 9.20. The fourth-order valence-electron chi connectivity index (χ4n) is 3.10. The van der Waals surface area contributed by atoms with E-state index < -0.39 is 30.2 Å². The number of amides is 1. The second-order valence-electron chi connectivity index (χ2n) is 5.99. The standard InChI is InChI=1S/C16H16F3NO5/c17-16(18,19)25-13-4-2-1-3-9(13)10-7-11(10)14(21)20-5-6-24-8-12(20)15(22)23/h1-4,10-12H,5-8H2,(H,22,23)/t10-,11-,12+/m1/s1. The number of carboxylic acid groups (broad SMARTS) is 1. The largest absolute Gasteiger partial charge is 0.573 e. The van der Waals surface area contributed by atoms with Crippen molar-refractivity contribution in [2.45, 2.75) is 24.7 Å². The number of ether oxygens (including phenoxy) is 2. The molecule has 1 saturated heterocycles. The summed E-state index contributed by atoms with van der Waals surface area (Å²) in [6, 6.07) is 4.63. The molecule has 1 heterocycles. The van der Waals surface area contributed by atoms with E-state index >= 15 is 0 Å². The molecule has 6 nitrogen and oxygen atoms in total. The van der Waals surface area contributed by atoms with Gasteiger partial charge < -0.3 is 19.5 Å². The van der Waals surface area contributed by atoms with Gasteiger partial charge in [0.05, 0.1) is 13.2 Å². The van der Waals surface area contributed by atoms with E-state index in [-0.39, 0.29) is 31.4 Å². The van der Waals surface area contributed by atoms with Crippen LogP contribution in [-0.4, -0.2) is 54.0 Å². The van der Waals surface area contributed by atoms with Crippen molar-refractivity contribution in [2.75, 3.05) is 19.8 Å². The molecule has 1 saturated carbocycles. The summed E-state index contributed by atoms with van der Waals surface area (Å²) >= 11 is 0. The molecular formula is C16H16F3NO5. The van der Waals surface area contributed by atoms with Crippen LogP contribution in [0, 0.1) is 5.92 Å². The molecule has 3 atom stereocenters. The highest BCUT2D eigenvalue weighted by Gasteiger charge is 2.49. The number of hydrogen-bond donors (Lipinski definition) is 1. The van der Waals surface area contributed by atoms with Gasteiger partial charge in [-0.15, -0.1) is 13.2 Å². The van der Waals surface area contributed by atoms with Crippen LogP contribution in [0.25, 0.3) is 0 Å². The average molecular weight is 359 g/mol. The van der Waals surface area contributed by atoms with Gasteiger partial charge in [0.15, 0.2) is 6.04 Å². The number of nitrogens with zero attached hydrogens (tertiary/aromatic N) is 1. The van der Waals surface area contributed by atoms with Crippen molar-refractivity contribution < 1.29 is 37.3 Å². The Balaban J connectivity index is 1.74. The molecule has 9 heteroatoms. The van der Waals surface area contributed by atoms with Crippen LogP contribution in [0.5, 0.6) is 5.75 Å². The van der Waals surface area contributed by atoms with Gasteiger partial charge in [0, 0.05) is 12.5 Å². The van der Waals surface area contributed by atoms with Crippen molar-refractivity contribution in [2.24, 2.45) is 5.92 Å². The first kappa shape index (κ1) is 17.5. The van der Waals surface area contributed by atoms with Crippen molar-refractivity contribution in [1.82, 2.24) is 4.90 Å². The van der Waals surface area contributed by atoms with E-state index in [1.54, 1.807) is 6.07 Å². The van der Waals surface area contributed by atoms with Crippen LogP contribution in [0.4, 0.5) is 13.2 Å². The minimum Gasteiger partial charge on any atom is -0.480 e. The van der Waals surface area contributed by atoms with E-state index in [0.29, 0.717) is 12.0 Å². The Morgan fingerprint density at radius 2 is 2.00 bits per heavy atom. The summed E-state index contributed by atoms with van der Waals surface area (Å²) in [4.78, 5) is 25.1. The molecule has 1 aliphatic heterocycles. The molecule has 0 unspecified atom stereocenters. The number of benzene rings is 1. The molecule has 136 valence electrons. The Labute approximate surface area is 141 Å². The van der Waals surface area contributed by atoms with Gasteiger partial charge >= 0.3 is 12.3 Å². The average Bonchev–Trinajstić information content (AvgIpc) is 3.33. The zero-order valence-electron chi connectivity index (χ0n) is 13.0. The van der Waals surface area contributed by atoms with Gasteiger partial charge in [0.1, 0.15) is 5.75 Å². The van der Waals surface area contributed by atoms with Crippen molar-refractivity contribution in [3.8, 4) is 5.75 Å². The van der Waals surface area contributed by atoms with Crippen LogP contribution in [0.1, 0.15) is 17.9 Å². The highest BCUT2D eigenvalue weighted by atomic mass is 19.4. The number of carbonyl (C=O) groups excluding carboxylic acids is 1. The summed E-state index contributed by atoms with van der Waals surface area (Å²) in [5.74, 6) is -2.82. The second kappa shape index (κ2) is 6.55. The first-order valence-electron chi connectivity index (χ1n) is 7.73. The van der Waals surface area contributed by atoms with Crippen LogP contribution in [-0.2, 0) is 14.3 Å². The summed E-state index contributed by atoms with van der Waals surface area (Å²) in [6.45, 7) is 0.298. The van der Waals surface area contributed by atoms with E-state index in [2.05, 4.69) is 4.74 Å².